The van der Waals surface area contributed by atoms with Crippen LogP contribution in [0.5, 0.6) is 0 Å². The van der Waals surface area contributed by atoms with Gasteiger partial charge in [0.2, 0.25) is 11.8 Å². The van der Waals surface area contributed by atoms with Gasteiger partial charge in [-0.1, -0.05) is 6.07 Å². The van der Waals surface area contributed by atoms with Gasteiger partial charge in [-0.15, -0.1) is 12.4 Å². The van der Waals surface area contributed by atoms with E-state index in [1.54, 1.807) is 6.07 Å². The molecular formula is C12H15ClFN3O2. The van der Waals surface area contributed by atoms with Gasteiger partial charge < -0.3 is 15.5 Å². The number of nitrogens with one attached hydrogen (secondary N) is 2. The summed E-state index contributed by atoms with van der Waals surface area (Å²) >= 11 is 0. The first-order valence-electron chi connectivity index (χ1n) is 5.69. The Kier molecular flexibility index (Phi) is 5.72. The van der Waals surface area contributed by atoms with E-state index in [4.69, 9.17) is 0 Å². The van der Waals surface area contributed by atoms with E-state index in [2.05, 4.69) is 10.6 Å². The monoisotopic (exact) mass is 287 g/mol. The molecule has 1 fully saturated rings. The number of piperazine rings is 1. The Morgan fingerprint density at radius 3 is 2.95 bits per heavy atom. The first-order valence-corrected chi connectivity index (χ1v) is 5.69. The number of hydrogen-bond acceptors (Lipinski definition) is 3. The standard InChI is InChI=1S/C12H14FN3O2.ClH/c13-9-2-1-3-10(6-9)15-11(17)8-16-5-4-14-7-12(16)18;/h1-3,6,14H,4-5,7-8H2,(H,15,17);1H. The third-order valence-electron chi connectivity index (χ3n) is 2.63. The molecule has 0 saturated carbocycles. The summed E-state index contributed by atoms with van der Waals surface area (Å²) in [5.74, 6) is -0.836. The van der Waals surface area contributed by atoms with Crippen LogP contribution < -0.4 is 10.6 Å². The van der Waals surface area contributed by atoms with Crippen molar-refractivity contribution in [3.8, 4) is 0 Å². The maximum atomic E-state index is 12.9. The van der Waals surface area contributed by atoms with E-state index in [0.717, 1.165) is 0 Å². The molecule has 1 aliphatic heterocycles. The smallest absolute Gasteiger partial charge is 0.243 e. The second kappa shape index (κ2) is 7.06. The molecule has 2 N–H and O–H groups in total. The number of amides is 2. The minimum atomic E-state index is -0.411. The van der Waals surface area contributed by atoms with Crippen molar-refractivity contribution in [2.24, 2.45) is 0 Å². The number of nitrogens with zero attached hydrogens (tertiary/aromatic N) is 1. The zero-order chi connectivity index (χ0) is 13.0. The normalized spacial score (nSPS) is 14.8. The van der Waals surface area contributed by atoms with Crippen LogP contribution in [-0.4, -0.2) is 42.9 Å². The summed E-state index contributed by atoms with van der Waals surface area (Å²) < 4.78 is 12.9. The van der Waals surface area contributed by atoms with Crippen molar-refractivity contribution in [1.82, 2.24) is 10.2 Å². The summed E-state index contributed by atoms with van der Waals surface area (Å²) in [5.41, 5.74) is 0.391. The lowest BCUT2D eigenvalue weighted by atomic mass is 10.3. The van der Waals surface area contributed by atoms with Crippen molar-refractivity contribution in [2.75, 3.05) is 31.5 Å². The molecule has 0 aromatic heterocycles. The summed E-state index contributed by atoms with van der Waals surface area (Å²) in [5, 5.41) is 5.48. The number of hydrogen-bond donors (Lipinski definition) is 2. The van der Waals surface area contributed by atoms with Crippen molar-refractivity contribution < 1.29 is 14.0 Å². The molecule has 0 radical (unpaired) electrons. The van der Waals surface area contributed by atoms with Crippen LogP contribution in [0.25, 0.3) is 0 Å². The molecule has 1 saturated heterocycles. The molecule has 104 valence electrons. The van der Waals surface area contributed by atoms with E-state index in [0.29, 0.717) is 18.8 Å². The van der Waals surface area contributed by atoms with Gasteiger partial charge in [-0.25, -0.2) is 4.39 Å². The summed E-state index contributed by atoms with van der Waals surface area (Å²) in [7, 11) is 0. The lowest BCUT2D eigenvalue weighted by Gasteiger charge is -2.26. The molecule has 1 aromatic rings. The maximum absolute atomic E-state index is 12.9. The second-order valence-corrected chi connectivity index (χ2v) is 4.05. The summed E-state index contributed by atoms with van der Waals surface area (Å²) in [6, 6.07) is 5.65. The number of rotatable bonds is 3. The van der Waals surface area contributed by atoms with E-state index in [1.165, 1.54) is 23.1 Å². The first-order chi connectivity index (χ1) is 8.65. The van der Waals surface area contributed by atoms with Gasteiger partial charge in [0.1, 0.15) is 5.82 Å². The van der Waals surface area contributed by atoms with Crippen molar-refractivity contribution in [1.29, 1.82) is 0 Å². The highest BCUT2D eigenvalue weighted by Gasteiger charge is 2.19. The van der Waals surface area contributed by atoms with Gasteiger partial charge in [0.15, 0.2) is 0 Å². The number of anilines is 1. The van der Waals surface area contributed by atoms with Crippen LogP contribution in [0.3, 0.4) is 0 Å². The van der Waals surface area contributed by atoms with E-state index >= 15 is 0 Å². The van der Waals surface area contributed by atoms with Crippen LogP contribution in [0.4, 0.5) is 10.1 Å². The Morgan fingerprint density at radius 1 is 1.47 bits per heavy atom. The molecule has 19 heavy (non-hydrogen) atoms. The van der Waals surface area contributed by atoms with Gasteiger partial charge in [-0.3, -0.25) is 9.59 Å². The lowest BCUT2D eigenvalue weighted by molar-refractivity contribution is -0.135. The molecule has 1 aliphatic rings. The van der Waals surface area contributed by atoms with Crippen molar-refractivity contribution in [2.45, 2.75) is 0 Å². The Bertz CT molecular complexity index is 470. The molecule has 1 heterocycles. The third-order valence-corrected chi connectivity index (χ3v) is 2.63. The molecule has 0 aliphatic carbocycles. The van der Waals surface area contributed by atoms with Crippen molar-refractivity contribution >= 4 is 29.9 Å². The van der Waals surface area contributed by atoms with Crippen LogP contribution >= 0.6 is 12.4 Å². The molecule has 0 bridgehead atoms. The fourth-order valence-electron chi connectivity index (χ4n) is 1.75. The zero-order valence-corrected chi connectivity index (χ0v) is 11.0. The molecule has 1 aromatic carbocycles. The number of carbonyl (C=O) groups excluding carboxylic acids is 2. The van der Waals surface area contributed by atoms with Crippen molar-refractivity contribution in [3.05, 3.63) is 30.1 Å². The van der Waals surface area contributed by atoms with E-state index in [9.17, 15) is 14.0 Å². The molecule has 7 heteroatoms. The molecule has 0 spiro atoms. The van der Waals surface area contributed by atoms with E-state index < -0.39 is 5.82 Å². The number of halogens is 2. The minimum absolute atomic E-state index is 0. The number of benzene rings is 1. The molecular weight excluding hydrogens is 273 g/mol. The van der Waals surface area contributed by atoms with Crippen molar-refractivity contribution in [3.63, 3.8) is 0 Å². The fourth-order valence-corrected chi connectivity index (χ4v) is 1.75. The molecule has 0 unspecified atom stereocenters. The Balaban J connectivity index is 0.00000180. The maximum Gasteiger partial charge on any atom is 0.243 e. The topological polar surface area (TPSA) is 61.4 Å². The summed E-state index contributed by atoms with van der Waals surface area (Å²) in [6.07, 6.45) is 0. The Labute approximate surface area is 116 Å². The van der Waals surface area contributed by atoms with Crippen LogP contribution in [0.15, 0.2) is 24.3 Å². The Morgan fingerprint density at radius 2 is 2.26 bits per heavy atom. The van der Waals surface area contributed by atoms with Gasteiger partial charge in [-0.2, -0.15) is 0 Å². The van der Waals surface area contributed by atoms with Crippen LogP contribution in [0.2, 0.25) is 0 Å². The number of carbonyl (C=O) groups is 2. The molecule has 2 amide bonds. The summed E-state index contributed by atoms with van der Waals surface area (Å²) in [6.45, 7) is 1.44. The highest BCUT2D eigenvalue weighted by atomic mass is 35.5. The van der Waals surface area contributed by atoms with Gasteiger partial charge >= 0.3 is 0 Å². The predicted octanol–water partition coefficient (Wildman–Crippen LogP) is 0.618. The highest BCUT2D eigenvalue weighted by Crippen LogP contribution is 2.09. The summed E-state index contributed by atoms with van der Waals surface area (Å²) in [4.78, 5) is 24.6. The molecule has 2 rings (SSSR count). The second-order valence-electron chi connectivity index (χ2n) is 4.05. The first kappa shape index (κ1) is 15.4. The SMILES string of the molecule is Cl.O=C(CN1CCNCC1=O)Nc1cccc(F)c1. The van der Waals surface area contributed by atoms with Gasteiger partial charge in [-0.05, 0) is 18.2 Å². The highest BCUT2D eigenvalue weighted by molar-refractivity contribution is 5.94. The van der Waals surface area contributed by atoms with Gasteiger partial charge in [0, 0.05) is 18.8 Å². The quantitative estimate of drug-likeness (QED) is 0.857. The van der Waals surface area contributed by atoms with Gasteiger partial charge in [0.05, 0.1) is 13.1 Å². The minimum Gasteiger partial charge on any atom is -0.331 e. The van der Waals surface area contributed by atoms with Crippen LogP contribution in [-0.2, 0) is 9.59 Å². The predicted molar refractivity (Wildman–Crippen MR) is 71.7 cm³/mol. The average Bonchev–Trinajstić information content (AvgIpc) is 2.32. The lowest BCUT2D eigenvalue weighted by Crippen LogP contribution is -2.50. The fraction of sp³-hybridized carbons (Fsp3) is 0.333. The van der Waals surface area contributed by atoms with E-state index in [-0.39, 0.29) is 37.3 Å². The molecule has 0 atom stereocenters. The third kappa shape index (κ3) is 4.50. The Hall–Kier alpha value is -1.66. The van der Waals surface area contributed by atoms with Gasteiger partial charge in [0.25, 0.3) is 0 Å². The van der Waals surface area contributed by atoms with Crippen LogP contribution in [0, 0.1) is 5.82 Å². The largest absolute Gasteiger partial charge is 0.331 e. The van der Waals surface area contributed by atoms with Crippen LogP contribution in [0.1, 0.15) is 0 Å². The van der Waals surface area contributed by atoms with E-state index in [1.807, 2.05) is 0 Å². The molecule has 5 nitrogen and oxygen atoms in total. The zero-order valence-electron chi connectivity index (χ0n) is 10.2. The average molecular weight is 288 g/mol.